The van der Waals surface area contributed by atoms with Gasteiger partial charge >= 0.3 is 0 Å². The van der Waals surface area contributed by atoms with E-state index in [-0.39, 0.29) is 5.91 Å². The van der Waals surface area contributed by atoms with Gasteiger partial charge in [-0.3, -0.25) is 9.69 Å². The van der Waals surface area contributed by atoms with Crippen molar-refractivity contribution in [2.24, 2.45) is 5.73 Å². The smallest absolute Gasteiger partial charge is 0.218 e. The molecule has 0 radical (unpaired) electrons. The maximum absolute atomic E-state index is 10.7. The van der Waals surface area contributed by atoms with Gasteiger partial charge in [0.15, 0.2) is 0 Å². The Labute approximate surface area is 88.9 Å². The van der Waals surface area contributed by atoms with Gasteiger partial charge in [-0.1, -0.05) is 6.07 Å². The Balaban J connectivity index is 2.00. The number of nitrogens with two attached hydrogens (primary N) is 2. The first-order chi connectivity index (χ1) is 7.15. The molecule has 1 aliphatic heterocycles. The molecule has 0 aromatic heterocycles. The lowest BCUT2D eigenvalue weighted by atomic mass is 10.1. The summed E-state index contributed by atoms with van der Waals surface area (Å²) in [6, 6.07) is 5.96. The second-order valence-corrected chi connectivity index (χ2v) is 3.96. The molecule has 0 saturated heterocycles. The van der Waals surface area contributed by atoms with E-state index in [4.69, 9.17) is 11.5 Å². The fourth-order valence-electron chi connectivity index (χ4n) is 1.91. The summed E-state index contributed by atoms with van der Waals surface area (Å²) < 4.78 is 0. The van der Waals surface area contributed by atoms with E-state index < -0.39 is 0 Å². The van der Waals surface area contributed by atoms with E-state index in [0.29, 0.717) is 6.42 Å². The third kappa shape index (κ3) is 2.27. The number of amides is 1. The Morgan fingerprint density at radius 2 is 2.07 bits per heavy atom. The zero-order chi connectivity index (χ0) is 10.8. The Morgan fingerprint density at radius 1 is 1.33 bits per heavy atom. The molecule has 4 N–H and O–H groups in total. The predicted molar refractivity (Wildman–Crippen MR) is 58.8 cm³/mol. The zero-order valence-electron chi connectivity index (χ0n) is 8.57. The van der Waals surface area contributed by atoms with Gasteiger partial charge in [0.05, 0.1) is 0 Å². The van der Waals surface area contributed by atoms with Crippen molar-refractivity contribution >= 4 is 11.6 Å². The first-order valence-electron chi connectivity index (χ1n) is 5.03. The minimum atomic E-state index is -0.245. The molecule has 0 unspecified atom stereocenters. The first kappa shape index (κ1) is 9.98. The molecule has 0 spiro atoms. The normalized spacial score (nSPS) is 15.2. The fraction of sp³-hybridized carbons (Fsp3) is 0.364. The van der Waals surface area contributed by atoms with Crippen molar-refractivity contribution in [2.75, 3.05) is 12.3 Å². The second kappa shape index (κ2) is 3.90. The van der Waals surface area contributed by atoms with Gasteiger partial charge < -0.3 is 11.5 Å². The van der Waals surface area contributed by atoms with Gasteiger partial charge in [-0.05, 0) is 23.3 Å². The molecule has 0 atom stereocenters. The van der Waals surface area contributed by atoms with Crippen LogP contribution in [0.1, 0.15) is 17.5 Å². The molecule has 1 aromatic carbocycles. The highest BCUT2D eigenvalue weighted by atomic mass is 16.1. The van der Waals surface area contributed by atoms with E-state index in [0.717, 1.165) is 25.3 Å². The van der Waals surface area contributed by atoms with Crippen molar-refractivity contribution in [1.82, 2.24) is 4.90 Å². The van der Waals surface area contributed by atoms with Gasteiger partial charge in [-0.2, -0.15) is 0 Å². The number of hydrogen-bond donors (Lipinski definition) is 2. The molecule has 0 bridgehead atoms. The van der Waals surface area contributed by atoms with E-state index in [1.165, 1.54) is 11.1 Å². The van der Waals surface area contributed by atoms with Gasteiger partial charge in [0.2, 0.25) is 5.91 Å². The number of rotatable bonds is 3. The molecule has 1 aliphatic rings. The van der Waals surface area contributed by atoms with E-state index in [2.05, 4.69) is 11.0 Å². The van der Waals surface area contributed by atoms with Crippen LogP contribution in [0.4, 0.5) is 5.69 Å². The number of hydrogen-bond acceptors (Lipinski definition) is 3. The van der Waals surface area contributed by atoms with Crippen LogP contribution >= 0.6 is 0 Å². The Hall–Kier alpha value is -1.55. The molecule has 0 fully saturated rings. The maximum Gasteiger partial charge on any atom is 0.218 e. The predicted octanol–water partition coefficient (Wildman–Crippen LogP) is 0.460. The van der Waals surface area contributed by atoms with Crippen LogP contribution in [0.15, 0.2) is 18.2 Å². The topological polar surface area (TPSA) is 72.4 Å². The lowest BCUT2D eigenvalue weighted by molar-refractivity contribution is -0.118. The van der Waals surface area contributed by atoms with Gasteiger partial charge in [0.1, 0.15) is 0 Å². The summed E-state index contributed by atoms with van der Waals surface area (Å²) in [5, 5.41) is 0. The largest absolute Gasteiger partial charge is 0.399 e. The van der Waals surface area contributed by atoms with Crippen LogP contribution in [0.25, 0.3) is 0 Å². The molecule has 15 heavy (non-hydrogen) atoms. The van der Waals surface area contributed by atoms with Crippen molar-refractivity contribution in [3.8, 4) is 0 Å². The number of nitrogens with zero attached hydrogens (tertiary/aromatic N) is 1. The molecular weight excluding hydrogens is 190 g/mol. The lowest BCUT2D eigenvalue weighted by Crippen LogP contribution is -2.23. The monoisotopic (exact) mass is 205 g/mol. The number of carbonyl (C=O) groups excluding carboxylic acids is 1. The summed E-state index contributed by atoms with van der Waals surface area (Å²) in [7, 11) is 0. The lowest BCUT2D eigenvalue weighted by Gasteiger charge is -2.12. The van der Waals surface area contributed by atoms with E-state index >= 15 is 0 Å². The second-order valence-electron chi connectivity index (χ2n) is 3.96. The van der Waals surface area contributed by atoms with E-state index in [9.17, 15) is 4.79 Å². The van der Waals surface area contributed by atoms with Crippen molar-refractivity contribution in [3.63, 3.8) is 0 Å². The minimum absolute atomic E-state index is 0.245. The van der Waals surface area contributed by atoms with Crippen LogP contribution in [0.3, 0.4) is 0 Å². The highest BCUT2D eigenvalue weighted by Gasteiger charge is 2.18. The molecule has 0 saturated carbocycles. The highest BCUT2D eigenvalue weighted by molar-refractivity contribution is 5.73. The first-order valence-corrected chi connectivity index (χ1v) is 5.03. The number of fused-ring (bicyclic) bond motifs is 1. The van der Waals surface area contributed by atoms with Crippen LogP contribution in [-0.2, 0) is 17.9 Å². The summed E-state index contributed by atoms with van der Waals surface area (Å²) in [5.74, 6) is -0.245. The SMILES string of the molecule is NC(=O)CCN1Cc2ccc(N)cc2C1. The van der Waals surface area contributed by atoms with Crippen LogP contribution in [0, 0.1) is 0 Å². The quantitative estimate of drug-likeness (QED) is 0.704. The Morgan fingerprint density at radius 3 is 2.80 bits per heavy atom. The van der Waals surface area contributed by atoms with Crippen molar-refractivity contribution in [2.45, 2.75) is 19.5 Å². The van der Waals surface area contributed by atoms with Crippen LogP contribution in [0.2, 0.25) is 0 Å². The summed E-state index contributed by atoms with van der Waals surface area (Å²) in [6.45, 7) is 2.49. The standard InChI is InChI=1S/C11H15N3O/c12-10-2-1-8-6-14(4-3-11(13)15)7-9(8)5-10/h1-2,5H,3-4,6-7,12H2,(H2,13,15). The molecule has 1 aromatic rings. The van der Waals surface area contributed by atoms with Crippen molar-refractivity contribution < 1.29 is 4.79 Å². The molecular formula is C11H15N3O. The van der Waals surface area contributed by atoms with E-state index in [1.54, 1.807) is 0 Å². The molecule has 4 heteroatoms. The van der Waals surface area contributed by atoms with Gasteiger partial charge in [0, 0.05) is 31.7 Å². The average molecular weight is 205 g/mol. The summed E-state index contributed by atoms with van der Waals surface area (Å²) in [6.07, 6.45) is 0.420. The highest BCUT2D eigenvalue weighted by Crippen LogP contribution is 2.24. The molecule has 1 heterocycles. The summed E-state index contributed by atoms with van der Waals surface area (Å²) >= 11 is 0. The Kier molecular flexibility index (Phi) is 2.60. The van der Waals surface area contributed by atoms with Gasteiger partial charge in [-0.15, -0.1) is 0 Å². The average Bonchev–Trinajstić information content (AvgIpc) is 2.56. The van der Waals surface area contributed by atoms with Crippen LogP contribution < -0.4 is 11.5 Å². The molecule has 4 nitrogen and oxygen atoms in total. The Bertz CT molecular complexity index is 389. The van der Waals surface area contributed by atoms with Gasteiger partial charge in [0.25, 0.3) is 0 Å². The minimum Gasteiger partial charge on any atom is -0.399 e. The van der Waals surface area contributed by atoms with Crippen LogP contribution in [-0.4, -0.2) is 17.4 Å². The molecule has 2 rings (SSSR count). The van der Waals surface area contributed by atoms with Crippen molar-refractivity contribution in [1.29, 1.82) is 0 Å². The van der Waals surface area contributed by atoms with Gasteiger partial charge in [-0.25, -0.2) is 0 Å². The number of carbonyl (C=O) groups is 1. The third-order valence-electron chi connectivity index (χ3n) is 2.69. The molecule has 80 valence electrons. The third-order valence-corrected chi connectivity index (χ3v) is 2.69. The fourth-order valence-corrected chi connectivity index (χ4v) is 1.91. The summed E-state index contributed by atoms with van der Waals surface area (Å²) in [5.41, 5.74) is 14.2. The maximum atomic E-state index is 10.7. The number of primary amides is 1. The molecule has 1 amide bonds. The molecule has 0 aliphatic carbocycles. The van der Waals surface area contributed by atoms with Crippen molar-refractivity contribution in [3.05, 3.63) is 29.3 Å². The summed E-state index contributed by atoms with van der Waals surface area (Å²) in [4.78, 5) is 12.9. The zero-order valence-corrected chi connectivity index (χ0v) is 8.57. The van der Waals surface area contributed by atoms with E-state index in [1.807, 2.05) is 12.1 Å². The number of nitrogen functional groups attached to an aromatic ring is 1. The number of anilines is 1. The number of benzene rings is 1. The van der Waals surface area contributed by atoms with Crippen LogP contribution in [0.5, 0.6) is 0 Å².